The molecule has 1 aromatic rings. The minimum atomic E-state index is 0.395. The SMILES string of the molecule is CCOCCCNC(=NC)NC1CCN(c2cccc(Cl)c2)C1. The number of ether oxygens (including phenoxy) is 1. The van der Waals surface area contributed by atoms with Crippen LogP contribution in [0.3, 0.4) is 0 Å². The lowest BCUT2D eigenvalue weighted by Gasteiger charge is -2.20. The quantitative estimate of drug-likeness (QED) is 0.455. The number of nitrogens with one attached hydrogen (secondary N) is 2. The molecule has 2 rings (SSSR count). The van der Waals surface area contributed by atoms with Gasteiger partial charge < -0.3 is 20.3 Å². The highest BCUT2D eigenvalue weighted by atomic mass is 35.5. The summed E-state index contributed by atoms with van der Waals surface area (Å²) in [5.74, 6) is 0.861. The van der Waals surface area contributed by atoms with Crippen LogP contribution in [0.2, 0.25) is 5.02 Å². The monoisotopic (exact) mass is 338 g/mol. The molecule has 1 aromatic carbocycles. The summed E-state index contributed by atoms with van der Waals surface area (Å²) >= 11 is 6.08. The number of guanidine groups is 1. The Hall–Kier alpha value is -1.46. The van der Waals surface area contributed by atoms with Gasteiger partial charge in [0.25, 0.3) is 0 Å². The first-order chi connectivity index (χ1) is 11.2. The van der Waals surface area contributed by atoms with Crippen molar-refractivity contribution in [2.75, 3.05) is 44.8 Å². The molecule has 0 aliphatic carbocycles. The van der Waals surface area contributed by atoms with Crippen LogP contribution in [0, 0.1) is 0 Å². The number of rotatable bonds is 7. The van der Waals surface area contributed by atoms with Crippen molar-refractivity contribution in [2.24, 2.45) is 4.99 Å². The Morgan fingerprint density at radius 3 is 3.09 bits per heavy atom. The summed E-state index contributed by atoms with van der Waals surface area (Å²) in [5, 5.41) is 7.62. The first-order valence-electron chi connectivity index (χ1n) is 8.28. The number of hydrogen-bond acceptors (Lipinski definition) is 3. The molecule has 0 amide bonds. The maximum atomic E-state index is 6.08. The fourth-order valence-electron chi connectivity index (χ4n) is 2.70. The lowest BCUT2D eigenvalue weighted by Crippen LogP contribution is -2.45. The molecule has 1 unspecified atom stereocenters. The van der Waals surface area contributed by atoms with Crippen LogP contribution in [0.15, 0.2) is 29.3 Å². The van der Waals surface area contributed by atoms with Gasteiger partial charge in [-0.25, -0.2) is 0 Å². The van der Waals surface area contributed by atoms with Gasteiger partial charge in [-0.1, -0.05) is 17.7 Å². The van der Waals surface area contributed by atoms with Gasteiger partial charge in [-0.3, -0.25) is 4.99 Å². The number of aliphatic imine (C=N–C) groups is 1. The van der Waals surface area contributed by atoms with E-state index in [4.69, 9.17) is 16.3 Å². The van der Waals surface area contributed by atoms with Crippen LogP contribution in [0.5, 0.6) is 0 Å². The van der Waals surface area contributed by atoms with E-state index in [0.717, 1.165) is 56.7 Å². The highest BCUT2D eigenvalue weighted by Gasteiger charge is 2.23. The number of halogens is 1. The Bertz CT molecular complexity index is 509. The van der Waals surface area contributed by atoms with E-state index in [1.54, 1.807) is 0 Å². The maximum absolute atomic E-state index is 6.08. The zero-order valence-corrected chi connectivity index (χ0v) is 14.8. The first kappa shape index (κ1) is 17.9. The summed E-state index contributed by atoms with van der Waals surface area (Å²) in [6.07, 6.45) is 2.07. The highest BCUT2D eigenvalue weighted by Crippen LogP contribution is 2.23. The van der Waals surface area contributed by atoms with E-state index < -0.39 is 0 Å². The molecule has 0 spiro atoms. The third kappa shape index (κ3) is 5.92. The molecule has 1 fully saturated rings. The van der Waals surface area contributed by atoms with Crippen LogP contribution < -0.4 is 15.5 Å². The zero-order chi connectivity index (χ0) is 16.5. The van der Waals surface area contributed by atoms with Crippen LogP contribution >= 0.6 is 11.6 Å². The molecule has 1 aliphatic heterocycles. The number of anilines is 1. The van der Waals surface area contributed by atoms with Crippen LogP contribution in [-0.4, -0.2) is 51.9 Å². The molecule has 1 aliphatic rings. The molecule has 1 atom stereocenters. The molecule has 2 N–H and O–H groups in total. The largest absolute Gasteiger partial charge is 0.382 e. The summed E-state index contributed by atoms with van der Waals surface area (Å²) in [7, 11) is 1.81. The third-order valence-electron chi connectivity index (χ3n) is 3.89. The smallest absolute Gasteiger partial charge is 0.191 e. The van der Waals surface area contributed by atoms with Crippen LogP contribution in [0.1, 0.15) is 19.8 Å². The van der Waals surface area contributed by atoms with Crippen LogP contribution in [0.25, 0.3) is 0 Å². The second kappa shape index (κ2) is 9.63. The van der Waals surface area contributed by atoms with E-state index >= 15 is 0 Å². The van der Waals surface area contributed by atoms with E-state index in [1.165, 1.54) is 5.69 Å². The van der Waals surface area contributed by atoms with Gasteiger partial charge in [-0.2, -0.15) is 0 Å². The first-order valence-corrected chi connectivity index (χ1v) is 8.66. The van der Waals surface area contributed by atoms with Crippen LogP contribution in [-0.2, 0) is 4.74 Å². The van der Waals surface area contributed by atoms with Crippen molar-refractivity contribution in [1.29, 1.82) is 0 Å². The Labute approximate surface area is 144 Å². The standard InChI is InChI=1S/C17H27ClN4O/c1-3-23-11-5-9-20-17(19-2)21-15-8-10-22(13-15)16-7-4-6-14(18)12-16/h4,6-7,12,15H,3,5,8-11,13H2,1-2H3,(H2,19,20,21). The summed E-state index contributed by atoms with van der Waals surface area (Å²) in [6, 6.07) is 8.43. The lowest BCUT2D eigenvalue weighted by atomic mass is 10.2. The average Bonchev–Trinajstić information content (AvgIpc) is 3.02. The second-order valence-corrected chi connectivity index (χ2v) is 6.04. The van der Waals surface area contributed by atoms with Gasteiger partial charge in [0.2, 0.25) is 0 Å². The van der Waals surface area contributed by atoms with Crippen molar-refractivity contribution in [1.82, 2.24) is 10.6 Å². The second-order valence-electron chi connectivity index (χ2n) is 5.61. The summed E-state index contributed by atoms with van der Waals surface area (Å²) in [5.41, 5.74) is 1.18. The molecule has 128 valence electrons. The minimum Gasteiger partial charge on any atom is -0.382 e. The van der Waals surface area contributed by atoms with Crippen LogP contribution in [0.4, 0.5) is 5.69 Å². The lowest BCUT2D eigenvalue weighted by molar-refractivity contribution is 0.145. The van der Waals surface area contributed by atoms with E-state index in [-0.39, 0.29) is 0 Å². The molecule has 1 heterocycles. The van der Waals surface area contributed by atoms with Crippen molar-refractivity contribution in [3.63, 3.8) is 0 Å². The average molecular weight is 339 g/mol. The molecule has 0 bridgehead atoms. The minimum absolute atomic E-state index is 0.395. The molecule has 0 aromatic heterocycles. The topological polar surface area (TPSA) is 48.9 Å². The third-order valence-corrected chi connectivity index (χ3v) is 4.12. The summed E-state index contributed by atoms with van der Waals surface area (Å²) in [4.78, 5) is 6.65. The Balaban J connectivity index is 1.75. The van der Waals surface area contributed by atoms with E-state index in [9.17, 15) is 0 Å². The fraction of sp³-hybridized carbons (Fsp3) is 0.588. The van der Waals surface area contributed by atoms with Crippen molar-refractivity contribution >= 4 is 23.2 Å². The predicted octanol–water partition coefficient (Wildman–Crippen LogP) is 2.51. The van der Waals surface area contributed by atoms with Gasteiger partial charge in [-0.15, -0.1) is 0 Å². The maximum Gasteiger partial charge on any atom is 0.191 e. The highest BCUT2D eigenvalue weighted by molar-refractivity contribution is 6.30. The Morgan fingerprint density at radius 2 is 2.35 bits per heavy atom. The molecule has 5 nitrogen and oxygen atoms in total. The molecular weight excluding hydrogens is 312 g/mol. The fourth-order valence-corrected chi connectivity index (χ4v) is 2.88. The van der Waals surface area contributed by atoms with E-state index in [1.807, 2.05) is 32.2 Å². The number of benzene rings is 1. The molecule has 6 heteroatoms. The molecule has 23 heavy (non-hydrogen) atoms. The molecule has 1 saturated heterocycles. The van der Waals surface area contributed by atoms with Gasteiger partial charge in [0, 0.05) is 56.6 Å². The summed E-state index contributed by atoms with van der Waals surface area (Å²) < 4.78 is 5.34. The van der Waals surface area contributed by atoms with E-state index in [2.05, 4.69) is 26.6 Å². The van der Waals surface area contributed by atoms with Gasteiger partial charge in [0.15, 0.2) is 5.96 Å². The number of hydrogen-bond donors (Lipinski definition) is 2. The van der Waals surface area contributed by atoms with Crippen molar-refractivity contribution in [2.45, 2.75) is 25.8 Å². The van der Waals surface area contributed by atoms with Crippen molar-refractivity contribution < 1.29 is 4.74 Å². The zero-order valence-electron chi connectivity index (χ0n) is 14.0. The summed E-state index contributed by atoms with van der Waals surface area (Å²) in [6.45, 7) is 6.42. The predicted molar refractivity (Wildman–Crippen MR) is 97.7 cm³/mol. The normalized spacial score (nSPS) is 18.3. The van der Waals surface area contributed by atoms with Crippen molar-refractivity contribution in [3.05, 3.63) is 29.3 Å². The van der Waals surface area contributed by atoms with Gasteiger partial charge in [0.1, 0.15) is 0 Å². The molecular formula is C17H27ClN4O. The van der Waals surface area contributed by atoms with E-state index in [0.29, 0.717) is 6.04 Å². The molecule has 0 radical (unpaired) electrons. The Kier molecular flexibility index (Phi) is 7.49. The molecule has 0 saturated carbocycles. The van der Waals surface area contributed by atoms with Crippen molar-refractivity contribution in [3.8, 4) is 0 Å². The van der Waals surface area contributed by atoms with Gasteiger partial charge in [-0.05, 0) is 38.0 Å². The Morgan fingerprint density at radius 1 is 1.48 bits per heavy atom. The van der Waals surface area contributed by atoms with Gasteiger partial charge >= 0.3 is 0 Å². The number of nitrogens with zero attached hydrogens (tertiary/aromatic N) is 2. The van der Waals surface area contributed by atoms with Gasteiger partial charge in [0.05, 0.1) is 0 Å².